The van der Waals surface area contributed by atoms with E-state index in [1.807, 2.05) is 31.6 Å². The minimum atomic E-state index is -0.149. The van der Waals surface area contributed by atoms with Crippen LogP contribution in [0.3, 0.4) is 0 Å². The summed E-state index contributed by atoms with van der Waals surface area (Å²) in [6, 6.07) is 1.81. The Morgan fingerprint density at radius 1 is 1.30 bits per heavy atom. The predicted molar refractivity (Wildman–Crippen MR) is 84.0 cm³/mol. The van der Waals surface area contributed by atoms with Crippen LogP contribution in [0.4, 0.5) is 0 Å². The van der Waals surface area contributed by atoms with Gasteiger partial charge in [-0.2, -0.15) is 0 Å². The number of carbonyl (C=O) groups is 1. The standard InChI is InChI=1S/C16H18N6O/c1-12-17-6-8-22(12)11-16(3-4-16)10-19-14(23)13-9-21-7-2-5-18-15(21)20-13/h2,5-9H,3-4,10-11H2,1H3,(H,19,23). The van der Waals surface area contributed by atoms with E-state index < -0.39 is 0 Å². The highest BCUT2D eigenvalue weighted by Crippen LogP contribution is 2.46. The maximum absolute atomic E-state index is 12.3. The van der Waals surface area contributed by atoms with E-state index in [1.54, 1.807) is 16.8 Å². The summed E-state index contributed by atoms with van der Waals surface area (Å²) in [6.07, 6.45) is 11.2. The Balaban J connectivity index is 1.42. The smallest absolute Gasteiger partial charge is 0.271 e. The van der Waals surface area contributed by atoms with Crippen LogP contribution in [0.1, 0.15) is 29.2 Å². The van der Waals surface area contributed by atoms with E-state index >= 15 is 0 Å². The molecule has 1 N–H and O–H groups in total. The molecule has 1 amide bonds. The number of hydrogen-bond acceptors (Lipinski definition) is 4. The zero-order chi connectivity index (χ0) is 15.9. The number of rotatable bonds is 5. The second-order valence-corrected chi connectivity index (χ2v) is 6.24. The second kappa shape index (κ2) is 5.19. The maximum Gasteiger partial charge on any atom is 0.271 e. The summed E-state index contributed by atoms with van der Waals surface area (Å²) in [5, 5.41) is 3.02. The van der Waals surface area contributed by atoms with Crippen LogP contribution in [0.15, 0.2) is 37.1 Å². The molecule has 0 aromatic carbocycles. The van der Waals surface area contributed by atoms with Crippen LogP contribution in [-0.4, -0.2) is 36.4 Å². The molecule has 1 saturated carbocycles. The van der Waals surface area contributed by atoms with Gasteiger partial charge in [0.15, 0.2) is 0 Å². The molecule has 0 atom stereocenters. The van der Waals surface area contributed by atoms with Crippen LogP contribution in [0, 0.1) is 12.3 Å². The molecule has 0 radical (unpaired) electrons. The Hall–Kier alpha value is -2.70. The number of aromatic nitrogens is 5. The van der Waals surface area contributed by atoms with Gasteiger partial charge in [0.2, 0.25) is 5.78 Å². The van der Waals surface area contributed by atoms with Gasteiger partial charge in [0.25, 0.3) is 5.91 Å². The van der Waals surface area contributed by atoms with Crippen LogP contribution < -0.4 is 5.32 Å². The van der Waals surface area contributed by atoms with Crippen LogP contribution in [0.25, 0.3) is 5.78 Å². The van der Waals surface area contributed by atoms with E-state index in [9.17, 15) is 4.79 Å². The first-order valence-corrected chi connectivity index (χ1v) is 7.71. The Morgan fingerprint density at radius 2 is 2.17 bits per heavy atom. The molecule has 0 unspecified atom stereocenters. The molecule has 1 aliphatic rings. The molecule has 3 aromatic heterocycles. The lowest BCUT2D eigenvalue weighted by atomic mass is 10.1. The van der Waals surface area contributed by atoms with Gasteiger partial charge in [0, 0.05) is 49.5 Å². The summed E-state index contributed by atoms with van der Waals surface area (Å²) in [6.45, 7) is 3.55. The van der Waals surface area contributed by atoms with Crippen molar-refractivity contribution in [2.24, 2.45) is 5.41 Å². The number of fused-ring (bicyclic) bond motifs is 1. The summed E-state index contributed by atoms with van der Waals surface area (Å²) in [5.41, 5.74) is 0.553. The third kappa shape index (κ3) is 2.69. The van der Waals surface area contributed by atoms with Crippen molar-refractivity contribution in [3.63, 3.8) is 0 Å². The Bertz CT molecular complexity index is 827. The third-order valence-electron chi connectivity index (χ3n) is 4.48. The maximum atomic E-state index is 12.3. The minimum absolute atomic E-state index is 0.149. The van der Waals surface area contributed by atoms with Crippen molar-refractivity contribution in [3.05, 3.63) is 48.6 Å². The van der Waals surface area contributed by atoms with Crippen molar-refractivity contribution >= 4 is 11.7 Å². The number of imidazole rings is 2. The average Bonchev–Trinajstić information content (AvgIpc) is 2.99. The fraction of sp³-hybridized carbons (Fsp3) is 0.375. The van der Waals surface area contributed by atoms with Gasteiger partial charge in [0.05, 0.1) is 0 Å². The van der Waals surface area contributed by atoms with Gasteiger partial charge in [-0.25, -0.2) is 15.0 Å². The van der Waals surface area contributed by atoms with Crippen LogP contribution >= 0.6 is 0 Å². The highest BCUT2D eigenvalue weighted by Gasteiger charge is 2.43. The highest BCUT2D eigenvalue weighted by atomic mass is 16.1. The summed E-state index contributed by atoms with van der Waals surface area (Å²) in [4.78, 5) is 25.0. The predicted octanol–water partition coefficient (Wildman–Crippen LogP) is 1.44. The molecule has 118 valence electrons. The number of carbonyl (C=O) groups excluding carboxylic acids is 1. The molecule has 1 aliphatic carbocycles. The molecule has 3 aromatic rings. The zero-order valence-electron chi connectivity index (χ0n) is 12.9. The fourth-order valence-electron chi connectivity index (χ4n) is 2.80. The van der Waals surface area contributed by atoms with Gasteiger partial charge in [0.1, 0.15) is 11.5 Å². The quantitative estimate of drug-likeness (QED) is 0.773. The normalized spacial score (nSPS) is 15.7. The average molecular weight is 310 g/mol. The molecule has 7 nitrogen and oxygen atoms in total. The molecule has 3 heterocycles. The minimum Gasteiger partial charge on any atom is -0.350 e. The SMILES string of the molecule is Cc1nccn1CC1(CNC(=O)c2cn3cccnc3n2)CC1. The van der Waals surface area contributed by atoms with E-state index in [-0.39, 0.29) is 11.3 Å². The zero-order valence-corrected chi connectivity index (χ0v) is 12.9. The second-order valence-electron chi connectivity index (χ2n) is 6.24. The fourth-order valence-corrected chi connectivity index (χ4v) is 2.80. The van der Waals surface area contributed by atoms with E-state index in [1.165, 1.54) is 0 Å². The molecule has 0 spiro atoms. The monoisotopic (exact) mass is 310 g/mol. The Kier molecular flexibility index (Phi) is 3.14. The summed E-state index contributed by atoms with van der Waals surface area (Å²) < 4.78 is 3.89. The number of aryl methyl sites for hydroxylation is 1. The van der Waals surface area contributed by atoms with Crippen molar-refractivity contribution in [3.8, 4) is 0 Å². The van der Waals surface area contributed by atoms with Crippen molar-refractivity contribution < 1.29 is 4.79 Å². The topological polar surface area (TPSA) is 77.1 Å². The van der Waals surface area contributed by atoms with Crippen LogP contribution in [-0.2, 0) is 6.54 Å². The largest absolute Gasteiger partial charge is 0.350 e. The van der Waals surface area contributed by atoms with Gasteiger partial charge in [-0.05, 0) is 25.8 Å². The molecule has 1 fully saturated rings. The molecule has 4 rings (SSSR count). The van der Waals surface area contributed by atoms with Gasteiger partial charge >= 0.3 is 0 Å². The lowest BCUT2D eigenvalue weighted by Crippen LogP contribution is -2.32. The van der Waals surface area contributed by atoms with E-state index in [4.69, 9.17) is 0 Å². The van der Waals surface area contributed by atoms with Crippen molar-refractivity contribution in [1.29, 1.82) is 0 Å². The lowest BCUT2D eigenvalue weighted by Gasteiger charge is -2.17. The molecular weight excluding hydrogens is 292 g/mol. The lowest BCUT2D eigenvalue weighted by molar-refractivity contribution is 0.0938. The van der Waals surface area contributed by atoms with E-state index in [0.29, 0.717) is 18.0 Å². The van der Waals surface area contributed by atoms with Gasteiger partial charge in [-0.3, -0.25) is 9.20 Å². The summed E-state index contributed by atoms with van der Waals surface area (Å²) in [5.74, 6) is 1.39. The Labute approximate surface area is 133 Å². The van der Waals surface area contributed by atoms with Crippen molar-refractivity contribution in [2.75, 3.05) is 6.54 Å². The van der Waals surface area contributed by atoms with Gasteiger partial charge < -0.3 is 9.88 Å². The third-order valence-corrected chi connectivity index (χ3v) is 4.48. The molecule has 0 bridgehead atoms. The van der Waals surface area contributed by atoms with Crippen molar-refractivity contribution in [2.45, 2.75) is 26.3 Å². The molecule has 23 heavy (non-hydrogen) atoms. The Morgan fingerprint density at radius 3 is 2.87 bits per heavy atom. The van der Waals surface area contributed by atoms with Gasteiger partial charge in [-0.15, -0.1) is 0 Å². The summed E-state index contributed by atoms with van der Waals surface area (Å²) >= 11 is 0. The number of nitrogens with zero attached hydrogens (tertiary/aromatic N) is 5. The van der Waals surface area contributed by atoms with E-state index in [0.717, 1.165) is 25.2 Å². The first kappa shape index (κ1) is 13.9. The molecular formula is C16H18N6O. The number of amides is 1. The number of nitrogens with one attached hydrogen (secondary N) is 1. The molecule has 0 saturated heterocycles. The highest BCUT2D eigenvalue weighted by molar-refractivity contribution is 5.92. The van der Waals surface area contributed by atoms with Gasteiger partial charge in [-0.1, -0.05) is 0 Å². The van der Waals surface area contributed by atoms with Crippen LogP contribution in [0.2, 0.25) is 0 Å². The first-order valence-electron chi connectivity index (χ1n) is 7.71. The molecule has 0 aliphatic heterocycles. The van der Waals surface area contributed by atoms with Crippen molar-refractivity contribution in [1.82, 2.24) is 29.2 Å². The van der Waals surface area contributed by atoms with Crippen LogP contribution in [0.5, 0.6) is 0 Å². The van der Waals surface area contributed by atoms with E-state index in [2.05, 4.69) is 24.8 Å². The summed E-state index contributed by atoms with van der Waals surface area (Å²) in [7, 11) is 0. The number of hydrogen-bond donors (Lipinski definition) is 1. The molecule has 7 heteroatoms. The first-order chi connectivity index (χ1) is 11.2.